The second-order valence-electron chi connectivity index (χ2n) is 5.43. The molecule has 1 amide bonds. The van der Waals surface area contributed by atoms with Gasteiger partial charge in [0.2, 0.25) is 0 Å². The standard InChI is InChI=1S/C16H22N2O4/c1-12-9-17-14(8-15(19)21-2)10-18(12)16(20)22-11-13-6-4-3-5-7-13/h3-7,12,14,17H,8-11H2,1-2H3. The molecule has 1 fully saturated rings. The first kappa shape index (κ1) is 16.3. The van der Waals surface area contributed by atoms with E-state index in [0.717, 1.165) is 5.56 Å². The summed E-state index contributed by atoms with van der Waals surface area (Å²) < 4.78 is 10.0. The summed E-state index contributed by atoms with van der Waals surface area (Å²) in [6.07, 6.45) is -0.112. The molecule has 0 aromatic heterocycles. The number of rotatable bonds is 4. The molecule has 0 spiro atoms. The minimum Gasteiger partial charge on any atom is -0.469 e. The van der Waals surface area contributed by atoms with E-state index in [4.69, 9.17) is 4.74 Å². The normalized spacial score (nSPS) is 21.3. The zero-order valence-electron chi connectivity index (χ0n) is 13.0. The first-order chi connectivity index (χ1) is 10.6. The van der Waals surface area contributed by atoms with Gasteiger partial charge in [-0.25, -0.2) is 4.79 Å². The highest BCUT2D eigenvalue weighted by Crippen LogP contribution is 2.12. The average Bonchev–Trinajstić information content (AvgIpc) is 2.55. The van der Waals surface area contributed by atoms with E-state index in [-0.39, 0.29) is 37.2 Å². The Morgan fingerprint density at radius 3 is 2.73 bits per heavy atom. The number of methoxy groups -OCH3 is 1. The van der Waals surface area contributed by atoms with Gasteiger partial charge in [-0.05, 0) is 12.5 Å². The molecule has 2 atom stereocenters. The lowest BCUT2D eigenvalue weighted by Crippen LogP contribution is -2.57. The third-order valence-electron chi connectivity index (χ3n) is 3.73. The van der Waals surface area contributed by atoms with Gasteiger partial charge in [0.25, 0.3) is 0 Å². The Balaban J connectivity index is 1.88. The Hall–Kier alpha value is -2.08. The van der Waals surface area contributed by atoms with Crippen molar-refractivity contribution in [3.63, 3.8) is 0 Å². The molecule has 0 radical (unpaired) electrons. The largest absolute Gasteiger partial charge is 0.469 e. The summed E-state index contributed by atoms with van der Waals surface area (Å²) in [5, 5.41) is 3.24. The number of hydrogen-bond acceptors (Lipinski definition) is 5. The molecule has 120 valence electrons. The average molecular weight is 306 g/mol. The molecule has 22 heavy (non-hydrogen) atoms. The Kier molecular flexibility index (Phi) is 5.77. The highest BCUT2D eigenvalue weighted by atomic mass is 16.6. The van der Waals surface area contributed by atoms with Crippen LogP contribution in [0.4, 0.5) is 4.79 Å². The number of nitrogens with one attached hydrogen (secondary N) is 1. The number of ether oxygens (including phenoxy) is 2. The van der Waals surface area contributed by atoms with Crippen molar-refractivity contribution in [3.8, 4) is 0 Å². The lowest BCUT2D eigenvalue weighted by molar-refractivity contribution is -0.141. The van der Waals surface area contributed by atoms with Crippen molar-refractivity contribution in [1.82, 2.24) is 10.2 Å². The minimum atomic E-state index is -0.354. The van der Waals surface area contributed by atoms with Crippen LogP contribution < -0.4 is 5.32 Å². The molecule has 2 unspecified atom stereocenters. The number of carbonyl (C=O) groups is 2. The van der Waals surface area contributed by atoms with Crippen LogP contribution in [-0.2, 0) is 20.9 Å². The topological polar surface area (TPSA) is 67.9 Å². The van der Waals surface area contributed by atoms with Crippen LogP contribution in [0.15, 0.2) is 30.3 Å². The van der Waals surface area contributed by atoms with Crippen molar-refractivity contribution in [2.24, 2.45) is 0 Å². The lowest BCUT2D eigenvalue weighted by atomic mass is 10.1. The summed E-state index contributed by atoms with van der Waals surface area (Å²) in [5.74, 6) is -0.287. The number of amides is 1. The Labute approximate surface area is 130 Å². The highest BCUT2D eigenvalue weighted by molar-refractivity contribution is 5.71. The smallest absolute Gasteiger partial charge is 0.410 e. The number of esters is 1. The maximum absolute atomic E-state index is 12.2. The van der Waals surface area contributed by atoms with E-state index in [1.54, 1.807) is 4.90 Å². The fourth-order valence-corrected chi connectivity index (χ4v) is 2.41. The molecule has 1 aromatic rings. The molecule has 1 aliphatic rings. The van der Waals surface area contributed by atoms with E-state index in [9.17, 15) is 9.59 Å². The van der Waals surface area contributed by atoms with Gasteiger partial charge in [0.15, 0.2) is 0 Å². The molecule has 0 saturated carbocycles. The lowest BCUT2D eigenvalue weighted by Gasteiger charge is -2.37. The van der Waals surface area contributed by atoms with Gasteiger partial charge in [-0.2, -0.15) is 0 Å². The third kappa shape index (κ3) is 4.46. The maximum Gasteiger partial charge on any atom is 0.410 e. The van der Waals surface area contributed by atoms with Crippen molar-refractivity contribution in [2.75, 3.05) is 20.2 Å². The summed E-state index contributed by atoms with van der Waals surface area (Å²) in [6, 6.07) is 9.47. The van der Waals surface area contributed by atoms with Crippen LogP contribution in [0.5, 0.6) is 0 Å². The SMILES string of the molecule is COC(=O)CC1CN(C(=O)OCc2ccccc2)C(C)CN1. The summed E-state index contributed by atoms with van der Waals surface area (Å²) >= 11 is 0. The van der Waals surface area contributed by atoms with E-state index in [0.29, 0.717) is 13.1 Å². The van der Waals surface area contributed by atoms with E-state index in [2.05, 4.69) is 10.1 Å². The molecule has 0 bridgehead atoms. The maximum atomic E-state index is 12.2. The van der Waals surface area contributed by atoms with Crippen LogP contribution in [0.3, 0.4) is 0 Å². The number of nitrogens with zero attached hydrogens (tertiary/aromatic N) is 1. The molecule has 2 rings (SSSR count). The van der Waals surface area contributed by atoms with Crippen molar-refractivity contribution < 1.29 is 19.1 Å². The Morgan fingerprint density at radius 1 is 1.32 bits per heavy atom. The predicted octanol–water partition coefficient (Wildman–Crippen LogP) is 1.55. The van der Waals surface area contributed by atoms with Crippen LogP contribution >= 0.6 is 0 Å². The second kappa shape index (κ2) is 7.79. The second-order valence-corrected chi connectivity index (χ2v) is 5.43. The van der Waals surface area contributed by atoms with Gasteiger partial charge in [-0.3, -0.25) is 4.79 Å². The first-order valence-corrected chi connectivity index (χ1v) is 7.37. The zero-order chi connectivity index (χ0) is 15.9. The molecule has 6 nitrogen and oxygen atoms in total. The third-order valence-corrected chi connectivity index (χ3v) is 3.73. The monoisotopic (exact) mass is 306 g/mol. The summed E-state index contributed by atoms with van der Waals surface area (Å²) in [7, 11) is 1.36. The van der Waals surface area contributed by atoms with Gasteiger partial charge in [0.05, 0.1) is 13.5 Å². The summed E-state index contributed by atoms with van der Waals surface area (Å²) in [5.41, 5.74) is 0.949. The Morgan fingerprint density at radius 2 is 2.05 bits per heavy atom. The van der Waals surface area contributed by atoms with E-state index in [1.807, 2.05) is 37.3 Å². The van der Waals surface area contributed by atoms with Gasteiger partial charge in [0.1, 0.15) is 6.61 Å². The van der Waals surface area contributed by atoms with E-state index >= 15 is 0 Å². The fourth-order valence-electron chi connectivity index (χ4n) is 2.41. The number of piperazine rings is 1. The number of benzene rings is 1. The molecular weight excluding hydrogens is 284 g/mol. The predicted molar refractivity (Wildman–Crippen MR) is 81.2 cm³/mol. The highest BCUT2D eigenvalue weighted by Gasteiger charge is 2.30. The molecule has 0 aliphatic carbocycles. The van der Waals surface area contributed by atoms with Gasteiger partial charge >= 0.3 is 12.1 Å². The number of carbonyl (C=O) groups excluding carboxylic acids is 2. The van der Waals surface area contributed by atoms with E-state index < -0.39 is 0 Å². The van der Waals surface area contributed by atoms with Crippen molar-refractivity contribution >= 4 is 12.1 Å². The molecule has 6 heteroatoms. The van der Waals surface area contributed by atoms with Crippen LogP contribution in [-0.4, -0.2) is 49.2 Å². The summed E-state index contributed by atoms with van der Waals surface area (Å²) in [4.78, 5) is 25.3. The van der Waals surface area contributed by atoms with Gasteiger partial charge in [-0.1, -0.05) is 30.3 Å². The fraction of sp³-hybridized carbons (Fsp3) is 0.500. The number of hydrogen-bond donors (Lipinski definition) is 1. The zero-order valence-corrected chi connectivity index (χ0v) is 13.0. The van der Waals surface area contributed by atoms with Crippen molar-refractivity contribution in [3.05, 3.63) is 35.9 Å². The first-order valence-electron chi connectivity index (χ1n) is 7.37. The van der Waals surface area contributed by atoms with Crippen molar-refractivity contribution in [2.45, 2.75) is 32.0 Å². The molecule has 1 N–H and O–H groups in total. The molecule has 1 aromatic carbocycles. The van der Waals surface area contributed by atoms with Crippen LogP contribution in [0.25, 0.3) is 0 Å². The molecular formula is C16H22N2O4. The Bertz CT molecular complexity index is 506. The van der Waals surface area contributed by atoms with Gasteiger partial charge < -0.3 is 19.7 Å². The van der Waals surface area contributed by atoms with Gasteiger partial charge in [-0.15, -0.1) is 0 Å². The molecule has 1 heterocycles. The van der Waals surface area contributed by atoms with Crippen LogP contribution in [0.2, 0.25) is 0 Å². The molecule has 1 saturated heterocycles. The van der Waals surface area contributed by atoms with Crippen LogP contribution in [0, 0.1) is 0 Å². The van der Waals surface area contributed by atoms with Crippen molar-refractivity contribution in [1.29, 1.82) is 0 Å². The van der Waals surface area contributed by atoms with Gasteiger partial charge in [0, 0.05) is 25.2 Å². The quantitative estimate of drug-likeness (QED) is 0.855. The minimum absolute atomic E-state index is 0.0252. The van der Waals surface area contributed by atoms with Crippen LogP contribution in [0.1, 0.15) is 18.9 Å². The molecule has 1 aliphatic heterocycles. The summed E-state index contributed by atoms with van der Waals surface area (Å²) in [6.45, 7) is 3.26. The van der Waals surface area contributed by atoms with E-state index in [1.165, 1.54) is 7.11 Å².